The van der Waals surface area contributed by atoms with Gasteiger partial charge in [-0.05, 0) is 41.5 Å². The quantitative estimate of drug-likeness (QED) is 0.685. The number of aromatic amines is 1. The standard InChI is InChI=1S/C17H11F4NO2/c18-10-6-4-9(5-7-10)15-12(8-14(23)24)11-2-1-3-13(16(11)22-15)17(19,20)21/h1-7,22H,8H2,(H,23,24). The summed E-state index contributed by atoms with van der Waals surface area (Å²) in [5.41, 5.74) is -0.170. The first-order valence-corrected chi connectivity index (χ1v) is 6.96. The highest BCUT2D eigenvalue weighted by Crippen LogP contribution is 2.38. The number of rotatable bonds is 3. The molecule has 2 N–H and O–H groups in total. The zero-order valence-electron chi connectivity index (χ0n) is 12.1. The number of fused-ring (bicyclic) bond motifs is 1. The lowest BCUT2D eigenvalue weighted by molar-refractivity contribution is -0.137. The maximum absolute atomic E-state index is 13.2. The molecule has 24 heavy (non-hydrogen) atoms. The molecule has 0 amide bonds. The fourth-order valence-electron chi connectivity index (χ4n) is 2.71. The van der Waals surface area contributed by atoms with E-state index in [0.29, 0.717) is 5.56 Å². The van der Waals surface area contributed by atoms with Crippen LogP contribution in [-0.2, 0) is 17.4 Å². The Balaban J connectivity index is 2.31. The molecule has 3 nitrogen and oxygen atoms in total. The Morgan fingerprint density at radius 3 is 2.33 bits per heavy atom. The van der Waals surface area contributed by atoms with Gasteiger partial charge < -0.3 is 10.1 Å². The molecule has 1 heterocycles. The topological polar surface area (TPSA) is 53.1 Å². The summed E-state index contributed by atoms with van der Waals surface area (Å²) >= 11 is 0. The Bertz CT molecular complexity index is 911. The minimum absolute atomic E-state index is 0.180. The van der Waals surface area contributed by atoms with Gasteiger partial charge in [-0.25, -0.2) is 4.39 Å². The zero-order valence-corrected chi connectivity index (χ0v) is 12.1. The van der Waals surface area contributed by atoms with Crippen molar-refractivity contribution in [3.63, 3.8) is 0 Å². The molecule has 0 unspecified atom stereocenters. The smallest absolute Gasteiger partial charge is 0.418 e. The number of hydrogen-bond acceptors (Lipinski definition) is 1. The highest BCUT2D eigenvalue weighted by Gasteiger charge is 2.34. The number of H-pyrrole nitrogens is 1. The minimum atomic E-state index is -4.58. The van der Waals surface area contributed by atoms with Crippen LogP contribution in [0.15, 0.2) is 42.5 Å². The summed E-state index contributed by atoms with van der Waals surface area (Å²) in [7, 11) is 0. The molecule has 124 valence electrons. The number of aliphatic carboxylic acids is 1. The van der Waals surface area contributed by atoms with Crippen molar-refractivity contribution in [2.24, 2.45) is 0 Å². The van der Waals surface area contributed by atoms with Gasteiger partial charge >= 0.3 is 12.1 Å². The highest BCUT2D eigenvalue weighted by atomic mass is 19.4. The third-order valence-corrected chi connectivity index (χ3v) is 3.71. The molecule has 0 aliphatic rings. The van der Waals surface area contributed by atoms with Crippen LogP contribution in [0.4, 0.5) is 17.6 Å². The van der Waals surface area contributed by atoms with E-state index >= 15 is 0 Å². The van der Waals surface area contributed by atoms with Gasteiger partial charge in [-0.3, -0.25) is 4.79 Å². The number of halogens is 4. The molecule has 3 rings (SSSR count). The summed E-state index contributed by atoms with van der Waals surface area (Å²) in [6.07, 6.45) is -5.03. The van der Waals surface area contributed by atoms with Gasteiger partial charge in [0, 0.05) is 5.39 Å². The maximum atomic E-state index is 13.2. The first-order chi connectivity index (χ1) is 11.3. The predicted octanol–water partition coefficient (Wildman–Crippen LogP) is 4.62. The van der Waals surface area contributed by atoms with E-state index in [1.165, 1.54) is 24.3 Å². The summed E-state index contributed by atoms with van der Waals surface area (Å²) in [6, 6.07) is 8.70. The number of aromatic nitrogens is 1. The van der Waals surface area contributed by atoms with E-state index in [-0.39, 0.29) is 22.2 Å². The molecular formula is C17H11F4NO2. The SMILES string of the molecule is O=C(O)Cc1c(-c2ccc(F)cc2)[nH]c2c(C(F)(F)F)cccc12. The van der Waals surface area contributed by atoms with Crippen molar-refractivity contribution >= 4 is 16.9 Å². The molecule has 0 spiro atoms. The van der Waals surface area contributed by atoms with Gasteiger partial charge in [-0.2, -0.15) is 13.2 Å². The molecule has 0 atom stereocenters. The van der Waals surface area contributed by atoms with Crippen LogP contribution >= 0.6 is 0 Å². The van der Waals surface area contributed by atoms with Crippen LogP contribution in [0, 0.1) is 5.82 Å². The number of carboxylic acid groups (broad SMARTS) is 1. The van der Waals surface area contributed by atoms with Gasteiger partial charge in [-0.1, -0.05) is 12.1 Å². The summed E-state index contributed by atoms with van der Waals surface area (Å²) in [5, 5.41) is 9.28. The molecule has 2 aromatic carbocycles. The number of carboxylic acids is 1. The van der Waals surface area contributed by atoms with Gasteiger partial charge in [0.15, 0.2) is 0 Å². The van der Waals surface area contributed by atoms with Crippen molar-refractivity contribution in [2.45, 2.75) is 12.6 Å². The molecule has 0 saturated carbocycles. The number of alkyl halides is 3. The molecular weight excluding hydrogens is 326 g/mol. The number of nitrogens with one attached hydrogen (secondary N) is 1. The van der Waals surface area contributed by atoms with E-state index in [0.717, 1.165) is 18.2 Å². The van der Waals surface area contributed by atoms with Crippen LogP contribution in [-0.4, -0.2) is 16.1 Å². The third-order valence-electron chi connectivity index (χ3n) is 3.71. The van der Waals surface area contributed by atoms with Gasteiger partial charge in [0.1, 0.15) is 5.82 Å². The fourth-order valence-corrected chi connectivity index (χ4v) is 2.71. The second kappa shape index (κ2) is 5.67. The van der Waals surface area contributed by atoms with Crippen molar-refractivity contribution < 1.29 is 27.5 Å². The van der Waals surface area contributed by atoms with E-state index in [4.69, 9.17) is 5.11 Å². The molecule has 7 heteroatoms. The second-order valence-electron chi connectivity index (χ2n) is 5.28. The Labute approximate surface area is 133 Å². The lowest BCUT2D eigenvalue weighted by Crippen LogP contribution is -2.05. The van der Waals surface area contributed by atoms with Gasteiger partial charge in [-0.15, -0.1) is 0 Å². The summed E-state index contributed by atoms with van der Waals surface area (Å²) in [6.45, 7) is 0. The van der Waals surface area contributed by atoms with Crippen molar-refractivity contribution in [3.8, 4) is 11.3 Å². The molecule has 0 aliphatic carbocycles. The third kappa shape index (κ3) is 2.84. The fraction of sp³-hybridized carbons (Fsp3) is 0.118. The zero-order chi connectivity index (χ0) is 17.5. The van der Waals surface area contributed by atoms with Crippen LogP contribution in [0.1, 0.15) is 11.1 Å². The van der Waals surface area contributed by atoms with Gasteiger partial charge in [0.2, 0.25) is 0 Å². The molecule has 3 aromatic rings. The van der Waals surface area contributed by atoms with E-state index in [9.17, 15) is 22.4 Å². The van der Waals surface area contributed by atoms with Gasteiger partial charge in [0.05, 0.1) is 23.2 Å². The predicted molar refractivity (Wildman–Crippen MR) is 80.0 cm³/mol. The molecule has 1 aromatic heterocycles. The minimum Gasteiger partial charge on any atom is -0.481 e. The normalized spacial score (nSPS) is 11.8. The number of para-hydroxylation sites is 1. The highest BCUT2D eigenvalue weighted by molar-refractivity contribution is 5.95. The van der Waals surface area contributed by atoms with Crippen LogP contribution in [0.3, 0.4) is 0 Å². The lowest BCUT2D eigenvalue weighted by atomic mass is 10.0. The number of hydrogen-bond donors (Lipinski definition) is 2. The van der Waals surface area contributed by atoms with Crippen LogP contribution in [0.5, 0.6) is 0 Å². The summed E-state index contributed by atoms with van der Waals surface area (Å²) in [4.78, 5) is 13.8. The van der Waals surface area contributed by atoms with Crippen LogP contribution < -0.4 is 0 Å². The summed E-state index contributed by atoms with van der Waals surface area (Å²) in [5.74, 6) is -1.66. The van der Waals surface area contributed by atoms with Crippen molar-refractivity contribution in [2.75, 3.05) is 0 Å². The molecule has 0 saturated heterocycles. The second-order valence-corrected chi connectivity index (χ2v) is 5.28. The molecule has 0 bridgehead atoms. The maximum Gasteiger partial charge on any atom is 0.418 e. The largest absolute Gasteiger partial charge is 0.481 e. The van der Waals surface area contributed by atoms with E-state index in [2.05, 4.69) is 4.98 Å². The first kappa shape index (κ1) is 16.0. The van der Waals surface area contributed by atoms with Crippen molar-refractivity contribution in [1.82, 2.24) is 4.98 Å². The number of benzene rings is 2. The van der Waals surface area contributed by atoms with E-state index in [1.54, 1.807) is 0 Å². The average molecular weight is 337 g/mol. The monoisotopic (exact) mass is 337 g/mol. The van der Waals surface area contributed by atoms with Gasteiger partial charge in [0.25, 0.3) is 0 Å². The Hall–Kier alpha value is -2.83. The first-order valence-electron chi connectivity index (χ1n) is 6.96. The van der Waals surface area contributed by atoms with Crippen molar-refractivity contribution in [3.05, 3.63) is 59.4 Å². The Morgan fingerprint density at radius 1 is 1.08 bits per heavy atom. The average Bonchev–Trinajstić information content (AvgIpc) is 2.85. The number of carbonyl (C=O) groups is 1. The lowest BCUT2D eigenvalue weighted by Gasteiger charge is -2.07. The Kier molecular flexibility index (Phi) is 3.79. The molecule has 0 radical (unpaired) electrons. The van der Waals surface area contributed by atoms with E-state index in [1.807, 2.05) is 0 Å². The molecule has 0 fully saturated rings. The van der Waals surface area contributed by atoms with Crippen molar-refractivity contribution in [1.29, 1.82) is 0 Å². The van der Waals surface area contributed by atoms with Crippen LogP contribution in [0.2, 0.25) is 0 Å². The van der Waals surface area contributed by atoms with Crippen LogP contribution in [0.25, 0.3) is 22.2 Å². The molecule has 0 aliphatic heterocycles. The Morgan fingerprint density at radius 2 is 1.75 bits per heavy atom. The van der Waals surface area contributed by atoms with E-state index < -0.39 is 29.9 Å². The summed E-state index contributed by atoms with van der Waals surface area (Å²) < 4.78 is 52.7.